The van der Waals surface area contributed by atoms with Crippen molar-refractivity contribution in [3.05, 3.63) is 45.6 Å². The Morgan fingerprint density at radius 1 is 1.33 bits per heavy atom. The molecule has 2 aromatic rings. The highest BCUT2D eigenvalue weighted by atomic mass is 35.5. The molecule has 0 saturated carbocycles. The lowest BCUT2D eigenvalue weighted by molar-refractivity contribution is 1.41. The van der Waals surface area contributed by atoms with Gasteiger partial charge in [0.1, 0.15) is 0 Å². The van der Waals surface area contributed by atoms with Crippen molar-refractivity contribution in [2.24, 2.45) is 0 Å². The average molecular weight is 256 g/mol. The van der Waals surface area contributed by atoms with E-state index in [-0.39, 0.29) is 0 Å². The van der Waals surface area contributed by atoms with Crippen molar-refractivity contribution in [3.8, 4) is 0 Å². The van der Waals surface area contributed by atoms with Gasteiger partial charge in [0.15, 0.2) is 0 Å². The summed E-state index contributed by atoms with van der Waals surface area (Å²) < 4.78 is 0. The maximum atomic E-state index is 6.07. The number of nitrogens with two attached hydrogens (primary N) is 1. The van der Waals surface area contributed by atoms with Gasteiger partial charge < -0.3 is 5.73 Å². The fraction of sp³-hybridized carbons (Fsp3) is 0.0909. The number of thioether (sulfide) groups is 1. The van der Waals surface area contributed by atoms with Crippen LogP contribution < -0.4 is 5.73 Å². The number of rotatable bonds is 3. The molecule has 0 saturated heterocycles. The first kappa shape index (κ1) is 10.9. The highest BCUT2D eigenvalue weighted by molar-refractivity contribution is 7.98. The molecule has 0 aliphatic rings. The predicted octanol–water partition coefficient (Wildman–Crippen LogP) is 4.28. The predicted molar refractivity (Wildman–Crippen MR) is 69.7 cm³/mol. The Bertz CT molecular complexity index is 440. The van der Waals surface area contributed by atoms with E-state index in [2.05, 4.69) is 16.8 Å². The Morgan fingerprint density at radius 3 is 2.87 bits per heavy atom. The van der Waals surface area contributed by atoms with Crippen LogP contribution in [0.4, 0.5) is 5.69 Å². The minimum absolute atomic E-state index is 0.708. The molecule has 78 valence electrons. The Morgan fingerprint density at radius 2 is 2.20 bits per heavy atom. The maximum Gasteiger partial charge on any atom is 0.0562 e. The maximum absolute atomic E-state index is 6.07. The van der Waals surface area contributed by atoms with Crippen LogP contribution in [0.5, 0.6) is 0 Å². The number of nitrogen functional groups attached to an aromatic ring is 1. The van der Waals surface area contributed by atoms with Gasteiger partial charge in [-0.1, -0.05) is 11.6 Å². The van der Waals surface area contributed by atoms with Crippen molar-refractivity contribution in [2.45, 2.75) is 10.6 Å². The molecule has 1 nitrogen and oxygen atoms in total. The van der Waals surface area contributed by atoms with Gasteiger partial charge in [-0.05, 0) is 40.6 Å². The molecule has 0 radical (unpaired) electrons. The van der Waals surface area contributed by atoms with Crippen LogP contribution >= 0.6 is 34.7 Å². The lowest BCUT2D eigenvalue weighted by atomic mass is 10.3. The Balaban J connectivity index is 2.05. The van der Waals surface area contributed by atoms with Gasteiger partial charge >= 0.3 is 0 Å². The summed E-state index contributed by atoms with van der Waals surface area (Å²) >= 11 is 9.52. The molecule has 0 atom stereocenters. The summed E-state index contributed by atoms with van der Waals surface area (Å²) in [4.78, 5) is 1.08. The molecule has 1 heterocycles. The van der Waals surface area contributed by atoms with Gasteiger partial charge in [0.25, 0.3) is 0 Å². The zero-order valence-corrected chi connectivity index (χ0v) is 10.3. The monoisotopic (exact) mass is 255 g/mol. The lowest BCUT2D eigenvalue weighted by Crippen LogP contribution is -1.85. The van der Waals surface area contributed by atoms with Crippen LogP contribution in [0.2, 0.25) is 5.02 Å². The van der Waals surface area contributed by atoms with Crippen molar-refractivity contribution >= 4 is 40.4 Å². The van der Waals surface area contributed by atoms with Crippen molar-refractivity contribution < 1.29 is 0 Å². The number of thiophene rings is 1. The quantitative estimate of drug-likeness (QED) is 0.655. The van der Waals surface area contributed by atoms with Crippen LogP contribution in [0.15, 0.2) is 39.9 Å². The van der Waals surface area contributed by atoms with Crippen LogP contribution in [0.25, 0.3) is 0 Å². The van der Waals surface area contributed by atoms with Gasteiger partial charge in [-0.2, -0.15) is 11.3 Å². The Kier molecular flexibility index (Phi) is 3.57. The number of halogens is 1. The SMILES string of the molecule is Nc1ccc(SCc2ccsc2)c(Cl)c1. The first-order valence-electron chi connectivity index (χ1n) is 4.44. The van der Waals surface area contributed by atoms with Crippen LogP contribution in [-0.2, 0) is 5.75 Å². The molecule has 2 rings (SSSR count). The summed E-state index contributed by atoms with van der Waals surface area (Å²) in [7, 11) is 0. The van der Waals surface area contributed by atoms with E-state index in [0.29, 0.717) is 5.69 Å². The van der Waals surface area contributed by atoms with E-state index >= 15 is 0 Å². The van der Waals surface area contributed by atoms with Gasteiger partial charge in [0.2, 0.25) is 0 Å². The van der Waals surface area contributed by atoms with Gasteiger partial charge in [0.05, 0.1) is 5.02 Å². The van der Waals surface area contributed by atoms with Crippen LogP contribution in [0, 0.1) is 0 Å². The van der Waals surface area contributed by atoms with Crippen molar-refractivity contribution in [2.75, 3.05) is 5.73 Å². The van der Waals surface area contributed by atoms with E-state index in [1.807, 2.05) is 12.1 Å². The third-order valence-corrected chi connectivity index (χ3v) is 4.23. The van der Waals surface area contributed by atoms with E-state index in [1.165, 1.54) is 5.56 Å². The third-order valence-electron chi connectivity index (χ3n) is 1.93. The number of hydrogen-bond acceptors (Lipinski definition) is 3. The van der Waals surface area contributed by atoms with Crippen LogP contribution in [-0.4, -0.2) is 0 Å². The van der Waals surface area contributed by atoms with Gasteiger partial charge in [-0.25, -0.2) is 0 Å². The van der Waals surface area contributed by atoms with E-state index in [1.54, 1.807) is 29.2 Å². The van der Waals surface area contributed by atoms with Gasteiger partial charge in [-0.3, -0.25) is 0 Å². The molecule has 0 spiro atoms. The molecular formula is C11H10ClNS2. The molecule has 15 heavy (non-hydrogen) atoms. The first-order valence-corrected chi connectivity index (χ1v) is 6.75. The lowest BCUT2D eigenvalue weighted by Gasteiger charge is -2.03. The van der Waals surface area contributed by atoms with E-state index < -0.39 is 0 Å². The highest BCUT2D eigenvalue weighted by Crippen LogP contribution is 2.31. The Hall–Kier alpha value is -0.640. The first-order chi connectivity index (χ1) is 7.25. The second kappa shape index (κ2) is 4.92. The minimum atomic E-state index is 0.708. The molecule has 1 aromatic heterocycles. The molecule has 1 aromatic carbocycles. The summed E-state index contributed by atoms with van der Waals surface area (Å²) in [6, 6.07) is 7.76. The number of benzene rings is 1. The summed E-state index contributed by atoms with van der Waals surface area (Å²) in [5.74, 6) is 0.952. The van der Waals surface area contributed by atoms with Crippen LogP contribution in [0.3, 0.4) is 0 Å². The average Bonchev–Trinajstić information content (AvgIpc) is 2.69. The molecule has 0 unspecified atom stereocenters. The zero-order chi connectivity index (χ0) is 10.7. The van der Waals surface area contributed by atoms with Gasteiger partial charge in [0, 0.05) is 16.3 Å². The minimum Gasteiger partial charge on any atom is -0.399 e. The third kappa shape index (κ3) is 2.91. The van der Waals surface area contributed by atoms with E-state index in [9.17, 15) is 0 Å². The summed E-state index contributed by atoms with van der Waals surface area (Å²) in [6.07, 6.45) is 0. The fourth-order valence-electron chi connectivity index (χ4n) is 1.17. The smallest absolute Gasteiger partial charge is 0.0562 e. The number of hydrogen-bond donors (Lipinski definition) is 1. The van der Waals surface area contributed by atoms with Crippen molar-refractivity contribution in [1.29, 1.82) is 0 Å². The summed E-state index contributed by atoms with van der Waals surface area (Å²) in [5, 5.41) is 4.97. The molecule has 0 amide bonds. The van der Waals surface area contributed by atoms with Crippen LogP contribution in [0.1, 0.15) is 5.56 Å². The molecule has 4 heteroatoms. The largest absolute Gasteiger partial charge is 0.399 e. The molecule has 2 N–H and O–H groups in total. The Labute approximate surface area is 102 Å². The van der Waals surface area contributed by atoms with Gasteiger partial charge in [-0.15, -0.1) is 11.8 Å². The molecule has 0 aliphatic heterocycles. The van der Waals surface area contributed by atoms with Crippen molar-refractivity contribution in [3.63, 3.8) is 0 Å². The number of anilines is 1. The highest BCUT2D eigenvalue weighted by Gasteiger charge is 2.02. The van der Waals surface area contributed by atoms with Crippen molar-refractivity contribution in [1.82, 2.24) is 0 Å². The topological polar surface area (TPSA) is 26.0 Å². The summed E-state index contributed by atoms with van der Waals surface area (Å²) in [5.41, 5.74) is 7.67. The standard InChI is InChI=1S/C11H10ClNS2/c12-10-5-9(13)1-2-11(10)15-7-8-3-4-14-6-8/h1-6H,7,13H2. The zero-order valence-electron chi connectivity index (χ0n) is 7.94. The molecule has 0 fully saturated rings. The van der Waals surface area contributed by atoms with E-state index in [0.717, 1.165) is 15.7 Å². The summed E-state index contributed by atoms with van der Waals surface area (Å²) in [6.45, 7) is 0. The molecule has 0 aliphatic carbocycles. The second-order valence-electron chi connectivity index (χ2n) is 3.11. The molecule has 0 bridgehead atoms. The fourth-order valence-corrected chi connectivity index (χ4v) is 3.16. The molecular weight excluding hydrogens is 246 g/mol. The van der Waals surface area contributed by atoms with E-state index in [4.69, 9.17) is 17.3 Å². The normalized spacial score (nSPS) is 10.5. The second-order valence-corrected chi connectivity index (χ2v) is 5.31.